The fourth-order valence-corrected chi connectivity index (χ4v) is 4.78. The first-order valence-corrected chi connectivity index (χ1v) is 11.1. The van der Waals surface area contributed by atoms with Gasteiger partial charge in [0.2, 0.25) is 22.1 Å². The van der Waals surface area contributed by atoms with E-state index in [1.807, 2.05) is 12.1 Å². The molecule has 2 fully saturated rings. The van der Waals surface area contributed by atoms with E-state index in [0.717, 1.165) is 49.5 Å². The zero-order chi connectivity index (χ0) is 20.2. The van der Waals surface area contributed by atoms with Crippen molar-refractivity contribution in [1.29, 1.82) is 0 Å². The number of aryl methyl sites for hydroxylation is 1. The zero-order valence-corrected chi connectivity index (χ0v) is 17.6. The van der Waals surface area contributed by atoms with Crippen LogP contribution in [0.15, 0.2) is 24.3 Å². The van der Waals surface area contributed by atoms with Crippen LogP contribution in [0.2, 0.25) is 0 Å². The predicted molar refractivity (Wildman–Crippen MR) is 114 cm³/mol. The van der Waals surface area contributed by atoms with Gasteiger partial charge in [0.15, 0.2) is 0 Å². The van der Waals surface area contributed by atoms with E-state index < -0.39 is 0 Å². The van der Waals surface area contributed by atoms with Gasteiger partial charge in [-0.2, -0.15) is 0 Å². The Labute approximate surface area is 175 Å². The van der Waals surface area contributed by atoms with Crippen molar-refractivity contribution in [2.24, 2.45) is 5.92 Å². The third-order valence-electron chi connectivity index (χ3n) is 5.61. The van der Waals surface area contributed by atoms with Gasteiger partial charge in [-0.25, -0.2) is 0 Å². The van der Waals surface area contributed by atoms with Crippen LogP contribution >= 0.6 is 11.3 Å². The summed E-state index contributed by atoms with van der Waals surface area (Å²) in [5.74, 6) is 0.162. The number of piperidine rings is 2. The number of nitrogens with zero attached hydrogens (tertiary/aromatic N) is 4. The number of nitrogens with one attached hydrogen (secondary N) is 1. The summed E-state index contributed by atoms with van der Waals surface area (Å²) in [5.41, 5.74) is 2.32. The second-order valence-corrected chi connectivity index (χ2v) is 8.79. The van der Waals surface area contributed by atoms with Gasteiger partial charge in [-0.15, -0.1) is 10.2 Å². The Bertz CT molecular complexity index is 866. The van der Waals surface area contributed by atoms with Crippen LogP contribution in [0.3, 0.4) is 0 Å². The third kappa shape index (κ3) is 4.75. The minimum absolute atomic E-state index is 0.0573. The molecule has 2 amide bonds. The number of carbonyl (C=O) groups excluding carboxylic acids is 2. The summed E-state index contributed by atoms with van der Waals surface area (Å²) in [6, 6.07) is 8.22. The molecular formula is C21H27N5O2S. The fraction of sp³-hybridized carbons (Fsp3) is 0.524. The van der Waals surface area contributed by atoms with Gasteiger partial charge in [0.1, 0.15) is 0 Å². The summed E-state index contributed by atoms with van der Waals surface area (Å²) < 4.78 is 0. The molecular weight excluding hydrogens is 386 g/mol. The highest BCUT2D eigenvalue weighted by molar-refractivity contribution is 7.19. The van der Waals surface area contributed by atoms with Crippen LogP contribution in [-0.4, -0.2) is 41.6 Å². The maximum Gasteiger partial charge on any atom is 0.228 e. The lowest BCUT2D eigenvalue weighted by molar-refractivity contribution is -0.125. The number of aromatic nitrogens is 2. The predicted octanol–water partition coefficient (Wildman–Crippen LogP) is 2.90. The quantitative estimate of drug-likeness (QED) is 0.815. The first-order valence-electron chi connectivity index (χ1n) is 10.3. The number of hydrogen-bond acceptors (Lipinski definition) is 6. The summed E-state index contributed by atoms with van der Waals surface area (Å²) in [5, 5.41) is 13.1. The molecule has 0 radical (unpaired) electrons. The van der Waals surface area contributed by atoms with Crippen molar-refractivity contribution >= 4 is 33.4 Å². The van der Waals surface area contributed by atoms with E-state index in [1.54, 1.807) is 4.90 Å². The minimum Gasteiger partial charge on any atom is -0.352 e. The lowest BCUT2D eigenvalue weighted by Crippen LogP contribution is -2.43. The van der Waals surface area contributed by atoms with Gasteiger partial charge in [-0.05, 0) is 38.2 Å². The molecule has 2 aliphatic heterocycles. The van der Waals surface area contributed by atoms with E-state index in [0.29, 0.717) is 24.6 Å². The van der Waals surface area contributed by atoms with Crippen molar-refractivity contribution in [3.05, 3.63) is 35.4 Å². The van der Waals surface area contributed by atoms with Crippen molar-refractivity contribution < 1.29 is 9.59 Å². The number of anilines is 2. The Morgan fingerprint density at radius 2 is 1.93 bits per heavy atom. The molecule has 2 aromatic rings. The molecule has 4 rings (SSSR count). The molecule has 8 heteroatoms. The Morgan fingerprint density at radius 3 is 2.72 bits per heavy atom. The van der Waals surface area contributed by atoms with E-state index in [4.69, 9.17) is 0 Å². The number of benzene rings is 1. The lowest BCUT2D eigenvalue weighted by atomic mass is 9.97. The van der Waals surface area contributed by atoms with Gasteiger partial charge in [-0.1, -0.05) is 41.2 Å². The second-order valence-electron chi connectivity index (χ2n) is 7.86. The highest BCUT2D eigenvalue weighted by Gasteiger charge is 2.29. The molecule has 154 valence electrons. The van der Waals surface area contributed by atoms with Crippen molar-refractivity contribution in [3.8, 4) is 0 Å². The molecule has 0 spiro atoms. The Balaban J connectivity index is 1.35. The van der Waals surface area contributed by atoms with E-state index in [2.05, 4.69) is 39.5 Å². The zero-order valence-electron chi connectivity index (χ0n) is 16.8. The Hall–Kier alpha value is -2.48. The van der Waals surface area contributed by atoms with Gasteiger partial charge in [0, 0.05) is 32.6 Å². The van der Waals surface area contributed by atoms with E-state index in [-0.39, 0.29) is 17.7 Å². The number of rotatable bonds is 5. The number of hydrogen-bond donors (Lipinski definition) is 1. The number of carbonyl (C=O) groups is 2. The molecule has 1 aromatic carbocycles. The third-order valence-corrected chi connectivity index (χ3v) is 6.62. The fourth-order valence-electron chi connectivity index (χ4n) is 3.86. The molecule has 1 atom stereocenters. The van der Waals surface area contributed by atoms with Crippen LogP contribution in [0, 0.1) is 12.8 Å². The van der Waals surface area contributed by atoms with Crippen LogP contribution in [-0.2, 0) is 16.1 Å². The van der Waals surface area contributed by atoms with Crippen LogP contribution in [0.4, 0.5) is 10.3 Å². The molecule has 7 nitrogen and oxygen atoms in total. The minimum atomic E-state index is -0.0573. The summed E-state index contributed by atoms with van der Waals surface area (Å²) >= 11 is 1.45. The summed E-state index contributed by atoms with van der Waals surface area (Å²) in [4.78, 5) is 28.7. The molecule has 0 saturated carbocycles. The molecule has 0 aliphatic carbocycles. The standard InChI is InChI=1S/C21H27N5O2S/c1-15-7-9-16(10-8-15)13-22-19(28)17-5-4-11-25(14-17)20-23-24-21(29-20)26-12-3-2-6-18(26)27/h7-10,17H,2-6,11-14H2,1H3,(H,22,28)/t17-/m0/s1. The summed E-state index contributed by atoms with van der Waals surface area (Å²) in [6.45, 7) is 4.83. The van der Waals surface area contributed by atoms with Crippen LogP contribution in [0.25, 0.3) is 0 Å². The van der Waals surface area contributed by atoms with E-state index >= 15 is 0 Å². The SMILES string of the molecule is Cc1ccc(CNC(=O)[C@H]2CCCN(c3nnc(N4CCCCC4=O)s3)C2)cc1. The average Bonchev–Trinajstić information content (AvgIpc) is 3.23. The van der Waals surface area contributed by atoms with Crippen LogP contribution in [0.5, 0.6) is 0 Å². The number of amides is 2. The Kier molecular flexibility index (Phi) is 6.08. The smallest absolute Gasteiger partial charge is 0.228 e. The molecule has 0 unspecified atom stereocenters. The lowest BCUT2D eigenvalue weighted by Gasteiger charge is -2.31. The highest BCUT2D eigenvalue weighted by Crippen LogP contribution is 2.32. The Morgan fingerprint density at radius 1 is 1.14 bits per heavy atom. The van der Waals surface area contributed by atoms with Gasteiger partial charge in [0.25, 0.3) is 0 Å². The molecule has 2 saturated heterocycles. The van der Waals surface area contributed by atoms with E-state index in [1.165, 1.54) is 16.9 Å². The van der Waals surface area contributed by atoms with Crippen LogP contribution < -0.4 is 15.1 Å². The van der Waals surface area contributed by atoms with E-state index in [9.17, 15) is 9.59 Å². The summed E-state index contributed by atoms with van der Waals surface area (Å²) in [7, 11) is 0. The first kappa shape index (κ1) is 19.8. The second kappa shape index (κ2) is 8.90. The molecule has 1 N–H and O–H groups in total. The molecule has 1 aromatic heterocycles. The molecule has 3 heterocycles. The maximum absolute atomic E-state index is 12.7. The summed E-state index contributed by atoms with van der Waals surface area (Å²) in [6.07, 6.45) is 4.37. The normalized spacial score (nSPS) is 20.0. The molecule has 29 heavy (non-hydrogen) atoms. The van der Waals surface area contributed by atoms with Gasteiger partial charge in [-0.3, -0.25) is 14.5 Å². The van der Waals surface area contributed by atoms with Crippen molar-refractivity contribution in [2.45, 2.75) is 45.6 Å². The largest absolute Gasteiger partial charge is 0.352 e. The van der Waals surface area contributed by atoms with Gasteiger partial charge < -0.3 is 10.2 Å². The van der Waals surface area contributed by atoms with Gasteiger partial charge in [0.05, 0.1) is 5.92 Å². The van der Waals surface area contributed by atoms with Crippen molar-refractivity contribution in [1.82, 2.24) is 15.5 Å². The first-order chi connectivity index (χ1) is 14.1. The molecule has 0 bridgehead atoms. The molecule has 2 aliphatic rings. The topological polar surface area (TPSA) is 78.4 Å². The van der Waals surface area contributed by atoms with Crippen molar-refractivity contribution in [2.75, 3.05) is 29.4 Å². The highest BCUT2D eigenvalue weighted by atomic mass is 32.1. The maximum atomic E-state index is 12.7. The average molecular weight is 414 g/mol. The monoisotopic (exact) mass is 413 g/mol. The van der Waals surface area contributed by atoms with Crippen molar-refractivity contribution in [3.63, 3.8) is 0 Å². The van der Waals surface area contributed by atoms with Gasteiger partial charge >= 0.3 is 0 Å². The van der Waals surface area contributed by atoms with Crippen LogP contribution in [0.1, 0.15) is 43.2 Å².